The highest BCUT2D eigenvalue weighted by Crippen LogP contribution is 2.36. The Kier molecular flexibility index (Phi) is 5.94. The van der Waals surface area contributed by atoms with Crippen LogP contribution in [-0.4, -0.2) is 10.9 Å². The first kappa shape index (κ1) is 18.4. The molecule has 0 aliphatic heterocycles. The van der Waals surface area contributed by atoms with E-state index in [0.717, 1.165) is 11.8 Å². The second-order valence-corrected chi connectivity index (χ2v) is 5.46. The van der Waals surface area contributed by atoms with E-state index in [1.807, 2.05) is 0 Å². The Morgan fingerprint density at radius 3 is 1.95 bits per heavy atom. The number of carbonyl (C=O) groups excluding carboxylic acids is 1. The van der Waals surface area contributed by atoms with Crippen LogP contribution < -0.4 is 0 Å². The van der Waals surface area contributed by atoms with Crippen LogP contribution in [0.2, 0.25) is 0 Å². The van der Waals surface area contributed by atoms with Gasteiger partial charge >= 0.3 is 12.4 Å². The quantitative estimate of drug-likeness (QED) is 0.439. The van der Waals surface area contributed by atoms with Crippen LogP contribution in [0.4, 0.5) is 26.3 Å². The average Bonchev–Trinajstić information content (AvgIpc) is 2.35. The fraction of sp³-hybridized carbons (Fsp3) is 0.357. The lowest BCUT2D eigenvalue weighted by Gasteiger charge is -2.12. The summed E-state index contributed by atoms with van der Waals surface area (Å²) < 4.78 is 75.7. The molecule has 0 aliphatic carbocycles. The van der Waals surface area contributed by atoms with Gasteiger partial charge in [0.2, 0.25) is 0 Å². The number of thioether (sulfide) groups is 1. The van der Waals surface area contributed by atoms with Crippen molar-refractivity contribution in [1.82, 2.24) is 0 Å². The van der Waals surface area contributed by atoms with Crippen LogP contribution in [0.15, 0.2) is 18.2 Å². The smallest absolute Gasteiger partial charge is 0.288 e. The molecule has 1 aromatic rings. The van der Waals surface area contributed by atoms with Gasteiger partial charge in [0.05, 0.1) is 11.1 Å². The lowest BCUT2D eigenvalue weighted by Crippen LogP contribution is -2.11. The standard InChI is InChI=1S/C14H10F6OS/c1-9(21)22-5-3-2-4-10-6-11(13(15,16)17)8-12(7-10)14(18,19)20/h6-8H,3,5H2,1H3. The molecular formula is C14H10F6OS. The summed E-state index contributed by atoms with van der Waals surface area (Å²) in [6.07, 6.45) is -9.59. The Morgan fingerprint density at radius 2 is 1.55 bits per heavy atom. The van der Waals surface area contributed by atoms with Crippen molar-refractivity contribution < 1.29 is 31.1 Å². The molecule has 0 amide bonds. The molecule has 0 aliphatic rings. The van der Waals surface area contributed by atoms with Crippen molar-refractivity contribution in [2.45, 2.75) is 25.7 Å². The van der Waals surface area contributed by atoms with Crippen molar-refractivity contribution in [3.8, 4) is 11.8 Å². The highest BCUT2D eigenvalue weighted by molar-refractivity contribution is 8.13. The number of carbonyl (C=O) groups is 1. The van der Waals surface area contributed by atoms with Gasteiger partial charge in [-0.2, -0.15) is 26.3 Å². The molecule has 0 aromatic heterocycles. The van der Waals surface area contributed by atoms with Crippen LogP contribution in [0.25, 0.3) is 0 Å². The zero-order valence-corrected chi connectivity index (χ0v) is 12.0. The van der Waals surface area contributed by atoms with Gasteiger partial charge < -0.3 is 0 Å². The van der Waals surface area contributed by atoms with Crippen molar-refractivity contribution >= 4 is 16.9 Å². The van der Waals surface area contributed by atoms with Gasteiger partial charge in [0.25, 0.3) is 0 Å². The highest BCUT2D eigenvalue weighted by Gasteiger charge is 2.36. The van der Waals surface area contributed by atoms with Crippen LogP contribution >= 0.6 is 11.8 Å². The van der Waals surface area contributed by atoms with Crippen LogP contribution in [0, 0.1) is 11.8 Å². The molecule has 0 fully saturated rings. The third-order valence-electron chi connectivity index (χ3n) is 2.35. The van der Waals surface area contributed by atoms with Crippen molar-refractivity contribution in [2.24, 2.45) is 0 Å². The maximum atomic E-state index is 12.6. The lowest BCUT2D eigenvalue weighted by atomic mass is 10.0. The van der Waals surface area contributed by atoms with E-state index in [1.165, 1.54) is 6.92 Å². The number of hydrogen-bond acceptors (Lipinski definition) is 2. The zero-order chi connectivity index (χ0) is 17.0. The van der Waals surface area contributed by atoms with Crippen molar-refractivity contribution in [3.63, 3.8) is 0 Å². The van der Waals surface area contributed by atoms with Gasteiger partial charge in [0.1, 0.15) is 0 Å². The first-order valence-electron chi connectivity index (χ1n) is 5.92. The van der Waals surface area contributed by atoms with Gasteiger partial charge in [0, 0.05) is 24.7 Å². The topological polar surface area (TPSA) is 17.1 Å². The summed E-state index contributed by atoms with van der Waals surface area (Å²) in [5, 5.41) is -0.139. The van der Waals surface area contributed by atoms with E-state index in [9.17, 15) is 31.1 Å². The monoisotopic (exact) mass is 340 g/mol. The van der Waals surface area contributed by atoms with E-state index in [0.29, 0.717) is 17.9 Å². The third-order valence-corrected chi connectivity index (χ3v) is 3.17. The number of rotatable bonds is 2. The largest absolute Gasteiger partial charge is 0.416 e. The maximum Gasteiger partial charge on any atom is 0.416 e. The van der Waals surface area contributed by atoms with E-state index >= 15 is 0 Å². The summed E-state index contributed by atoms with van der Waals surface area (Å²) in [7, 11) is 0. The Morgan fingerprint density at radius 1 is 1.05 bits per heavy atom. The third kappa shape index (κ3) is 6.02. The second-order valence-electron chi connectivity index (χ2n) is 4.19. The molecule has 0 N–H and O–H groups in total. The van der Waals surface area contributed by atoms with Gasteiger partial charge in [-0.05, 0) is 18.2 Å². The molecule has 0 saturated heterocycles. The Balaban J connectivity index is 3.04. The van der Waals surface area contributed by atoms with Crippen LogP contribution in [0.3, 0.4) is 0 Å². The van der Waals surface area contributed by atoms with E-state index < -0.39 is 23.5 Å². The average molecular weight is 340 g/mol. The molecule has 120 valence electrons. The minimum Gasteiger partial charge on any atom is -0.288 e. The molecule has 0 heterocycles. The van der Waals surface area contributed by atoms with Crippen molar-refractivity contribution in [1.29, 1.82) is 0 Å². The highest BCUT2D eigenvalue weighted by atomic mass is 32.2. The minimum atomic E-state index is -4.89. The van der Waals surface area contributed by atoms with E-state index in [4.69, 9.17) is 0 Å². The first-order valence-corrected chi connectivity index (χ1v) is 6.90. The van der Waals surface area contributed by atoms with Crippen LogP contribution in [-0.2, 0) is 17.1 Å². The molecule has 22 heavy (non-hydrogen) atoms. The van der Waals surface area contributed by atoms with Gasteiger partial charge in [-0.15, -0.1) is 0 Å². The molecule has 0 atom stereocenters. The Bertz CT molecular complexity index is 574. The molecule has 0 bridgehead atoms. The summed E-state index contributed by atoms with van der Waals surface area (Å²) in [6.45, 7) is 1.35. The van der Waals surface area contributed by atoms with E-state index in [2.05, 4.69) is 11.8 Å². The lowest BCUT2D eigenvalue weighted by molar-refractivity contribution is -0.143. The number of halogens is 6. The molecule has 0 radical (unpaired) electrons. The predicted octanol–water partition coefficient (Wildman–Crippen LogP) is 4.75. The normalized spacial score (nSPS) is 11.8. The van der Waals surface area contributed by atoms with Gasteiger partial charge in [0.15, 0.2) is 5.12 Å². The maximum absolute atomic E-state index is 12.6. The summed E-state index contributed by atoms with van der Waals surface area (Å²) >= 11 is 0.980. The Labute approximate surface area is 127 Å². The number of benzene rings is 1. The van der Waals surface area contributed by atoms with Gasteiger partial charge in [-0.25, -0.2) is 0 Å². The summed E-state index contributed by atoms with van der Waals surface area (Å²) in [5.41, 5.74) is -3.16. The second kappa shape index (κ2) is 7.09. The number of hydrogen-bond donors (Lipinski definition) is 0. The van der Waals surface area contributed by atoms with E-state index in [1.54, 1.807) is 0 Å². The summed E-state index contributed by atoms with van der Waals surface area (Å²) in [5.74, 6) is 5.05. The van der Waals surface area contributed by atoms with Crippen molar-refractivity contribution in [3.05, 3.63) is 34.9 Å². The molecule has 8 heteroatoms. The minimum absolute atomic E-state index is 0.0524. The molecule has 0 unspecified atom stereocenters. The van der Waals surface area contributed by atoms with Crippen LogP contribution in [0.5, 0.6) is 0 Å². The molecular weight excluding hydrogens is 330 g/mol. The summed E-state index contributed by atoms with van der Waals surface area (Å²) in [6, 6.07) is 1.19. The Hall–Kier alpha value is -1.62. The summed E-state index contributed by atoms with van der Waals surface area (Å²) in [4.78, 5) is 10.7. The van der Waals surface area contributed by atoms with Crippen molar-refractivity contribution in [2.75, 3.05) is 5.75 Å². The fourth-order valence-corrected chi connectivity index (χ4v) is 1.93. The van der Waals surface area contributed by atoms with E-state index in [-0.39, 0.29) is 23.2 Å². The molecule has 0 spiro atoms. The molecule has 1 rings (SSSR count). The van der Waals surface area contributed by atoms with Crippen LogP contribution in [0.1, 0.15) is 30.0 Å². The first-order chi connectivity index (χ1) is 10.00. The SMILES string of the molecule is CC(=O)SCCC#Cc1cc(C(F)(F)F)cc(C(F)(F)F)c1. The molecule has 1 aromatic carbocycles. The number of alkyl halides is 6. The molecule has 1 nitrogen and oxygen atoms in total. The van der Waals surface area contributed by atoms with Gasteiger partial charge in [-0.3, -0.25) is 4.79 Å². The van der Waals surface area contributed by atoms with Gasteiger partial charge in [-0.1, -0.05) is 23.6 Å². The zero-order valence-electron chi connectivity index (χ0n) is 11.2. The molecule has 0 saturated carbocycles. The predicted molar refractivity (Wildman–Crippen MR) is 71.1 cm³/mol. The fourth-order valence-electron chi connectivity index (χ4n) is 1.44.